The van der Waals surface area contributed by atoms with Gasteiger partial charge < -0.3 is 0 Å². The third-order valence-electron chi connectivity index (χ3n) is 1.59. The Kier molecular flexibility index (Phi) is 1.22. The lowest BCUT2D eigenvalue weighted by Crippen LogP contribution is -2.56. The van der Waals surface area contributed by atoms with Crippen molar-refractivity contribution in [3.8, 4) is 0 Å². The van der Waals surface area contributed by atoms with Crippen molar-refractivity contribution in [2.75, 3.05) is 19.6 Å². The second-order valence-corrected chi connectivity index (χ2v) is 2.22. The summed E-state index contributed by atoms with van der Waals surface area (Å²) in [6.07, 6.45) is 2.13. The average Bonchev–Trinajstić information content (AvgIpc) is 2.33. The van der Waals surface area contributed by atoms with Crippen molar-refractivity contribution in [1.82, 2.24) is 15.8 Å². The minimum absolute atomic E-state index is 0.207. The summed E-state index contributed by atoms with van der Waals surface area (Å²) in [6.45, 7) is 2.95. The highest BCUT2D eigenvalue weighted by Crippen LogP contribution is 2.01. The van der Waals surface area contributed by atoms with Crippen molar-refractivity contribution < 1.29 is 0 Å². The summed E-state index contributed by atoms with van der Waals surface area (Å²) in [4.78, 5) is 4.19. The first-order valence-electron chi connectivity index (χ1n) is 3.22. The lowest BCUT2D eigenvalue weighted by Gasteiger charge is -2.29. The van der Waals surface area contributed by atoms with Crippen LogP contribution in [-0.4, -0.2) is 37.1 Å². The number of rotatable bonds is 0. The third kappa shape index (κ3) is 0.849. The first-order valence-corrected chi connectivity index (χ1v) is 3.22. The monoisotopic (exact) mass is 126 g/mol. The smallest absolute Gasteiger partial charge is 0.168 e. The molecule has 50 valence electrons. The van der Waals surface area contributed by atoms with Crippen molar-refractivity contribution in [1.29, 1.82) is 0 Å². The summed E-state index contributed by atoms with van der Waals surface area (Å²) < 4.78 is 0. The molecule has 0 bridgehead atoms. The topological polar surface area (TPSA) is 39.7 Å². The molecule has 1 fully saturated rings. The van der Waals surface area contributed by atoms with Crippen LogP contribution in [0, 0.1) is 0 Å². The van der Waals surface area contributed by atoms with Gasteiger partial charge in [0.1, 0.15) is 0 Å². The summed E-state index contributed by atoms with van der Waals surface area (Å²) >= 11 is 0. The first kappa shape index (κ1) is 5.34. The summed E-state index contributed by atoms with van der Waals surface area (Å²) in [5.41, 5.74) is 3.23. The van der Waals surface area contributed by atoms with Crippen molar-refractivity contribution in [2.24, 2.45) is 4.99 Å². The zero-order valence-corrected chi connectivity index (χ0v) is 5.17. The standard InChI is InChI=1S/C5H10N4/c1-2-8-9-4-3-7-5(9)6-1/h3,5-6,8H,1-2,4H2. The second-order valence-electron chi connectivity index (χ2n) is 2.22. The van der Waals surface area contributed by atoms with Crippen LogP contribution < -0.4 is 10.7 Å². The Balaban J connectivity index is 2.03. The third-order valence-corrected chi connectivity index (χ3v) is 1.59. The molecular formula is C5H10N4. The summed E-state index contributed by atoms with van der Waals surface area (Å²) in [5, 5.41) is 5.33. The van der Waals surface area contributed by atoms with Crippen molar-refractivity contribution in [2.45, 2.75) is 6.29 Å². The lowest BCUT2D eigenvalue weighted by atomic mass is 10.5. The van der Waals surface area contributed by atoms with Gasteiger partial charge in [0.25, 0.3) is 0 Å². The number of aliphatic imine (C=N–C) groups is 1. The van der Waals surface area contributed by atoms with Crippen LogP contribution in [0.2, 0.25) is 0 Å². The zero-order chi connectivity index (χ0) is 6.10. The Bertz CT molecular complexity index is 133. The molecule has 0 aromatic rings. The highest BCUT2D eigenvalue weighted by atomic mass is 15.6. The Morgan fingerprint density at radius 1 is 1.56 bits per heavy atom. The maximum absolute atomic E-state index is 4.19. The first-order chi connectivity index (χ1) is 4.47. The molecule has 1 atom stereocenters. The van der Waals surface area contributed by atoms with E-state index in [9.17, 15) is 0 Å². The van der Waals surface area contributed by atoms with Gasteiger partial charge in [-0.05, 0) is 0 Å². The van der Waals surface area contributed by atoms with Crippen LogP contribution in [0.4, 0.5) is 0 Å². The van der Waals surface area contributed by atoms with Gasteiger partial charge in [-0.2, -0.15) is 0 Å². The van der Waals surface area contributed by atoms with E-state index in [1.807, 2.05) is 6.21 Å². The molecule has 2 rings (SSSR count). The van der Waals surface area contributed by atoms with Crippen LogP contribution in [0.15, 0.2) is 4.99 Å². The Morgan fingerprint density at radius 2 is 2.56 bits per heavy atom. The molecule has 0 amide bonds. The molecule has 2 N–H and O–H groups in total. The minimum Gasteiger partial charge on any atom is -0.281 e. The van der Waals surface area contributed by atoms with E-state index >= 15 is 0 Å². The fourth-order valence-corrected chi connectivity index (χ4v) is 1.13. The zero-order valence-electron chi connectivity index (χ0n) is 5.17. The predicted octanol–water partition coefficient (Wildman–Crippen LogP) is -1.24. The van der Waals surface area contributed by atoms with Crippen molar-refractivity contribution in [3.63, 3.8) is 0 Å². The number of hydrogen-bond donors (Lipinski definition) is 2. The molecule has 0 saturated carbocycles. The van der Waals surface area contributed by atoms with Crippen LogP contribution in [0.5, 0.6) is 0 Å². The molecule has 0 aromatic heterocycles. The van der Waals surface area contributed by atoms with Gasteiger partial charge in [0.15, 0.2) is 6.29 Å². The van der Waals surface area contributed by atoms with E-state index in [4.69, 9.17) is 0 Å². The van der Waals surface area contributed by atoms with E-state index in [1.54, 1.807) is 0 Å². The summed E-state index contributed by atoms with van der Waals surface area (Å²) in [7, 11) is 0. The number of nitrogens with one attached hydrogen (secondary N) is 2. The minimum atomic E-state index is 0.207. The van der Waals surface area contributed by atoms with Crippen LogP contribution in [0.1, 0.15) is 0 Å². The quantitative estimate of drug-likeness (QED) is 0.426. The Labute approximate surface area is 53.9 Å². The van der Waals surface area contributed by atoms with E-state index in [-0.39, 0.29) is 6.29 Å². The van der Waals surface area contributed by atoms with Gasteiger partial charge in [-0.3, -0.25) is 15.7 Å². The number of nitrogens with zero attached hydrogens (tertiary/aromatic N) is 2. The predicted molar refractivity (Wildman–Crippen MR) is 35.0 cm³/mol. The molecule has 9 heavy (non-hydrogen) atoms. The molecule has 2 heterocycles. The van der Waals surface area contributed by atoms with Gasteiger partial charge >= 0.3 is 0 Å². The van der Waals surface area contributed by atoms with Gasteiger partial charge in [-0.25, -0.2) is 5.01 Å². The normalized spacial score (nSPS) is 34.9. The molecule has 0 spiro atoms. The number of fused-ring (bicyclic) bond motifs is 1. The SMILES string of the molecule is C1=NC2NCCNN2C1. The summed E-state index contributed by atoms with van der Waals surface area (Å²) in [6, 6.07) is 0. The molecule has 1 unspecified atom stereocenters. The van der Waals surface area contributed by atoms with E-state index in [0.717, 1.165) is 19.6 Å². The Morgan fingerprint density at radius 3 is 3.44 bits per heavy atom. The van der Waals surface area contributed by atoms with Gasteiger partial charge in [-0.15, -0.1) is 0 Å². The van der Waals surface area contributed by atoms with Gasteiger partial charge in [0, 0.05) is 19.3 Å². The van der Waals surface area contributed by atoms with Crippen LogP contribution >= 0.6 is 0 Å². The fourth-order valence-electron chi connectivity index (χ4n) is 1.13. The highest BCUT2D eigenvalue weighted by Gasteiger charge is 2.22. The van der Waals surface area contributed by atoms with Gasteiger partial charge in [0.05, 0.1) is 6.54 Å². The highest BCUT2D eigenvalue weighted by molar-refractivity contribution is 5.61. The summed E-state index contributed by atoms with van der Waals surface area (Å²) in [5.74, 6) is 0. The van der Waals surface area contributed by atoms with Gasteiger partial charge in [0.2, 0.25) is 0 Å². The fraction of sp³-hybridized carbons (Fsp3) is 0.800. The molecule has 4 nitrogen and oxygen atoms in total. The molecule has 4 heteroatoms. The molecule has 0 aromatic carbocycles. The number of hydrogen-bond acceptors (Lipinski definition) is 4. The molecule has 2 aliphatic heterocycles. The van der Waals surface area contributed by atoms with E-state index in [0.29, 0.717) is 0 Å². The maximum atomic E-state index is 4.19. The van der Waals surface area contributed by atoms with E-state index < -0.39 is 0 Å². The number of hydrazine groups is 1. The van der Waals surface area contributed by atoms with Crippen LogP contribution in [0.25, 0.3) is 0 Å². The van der Waals surface area contributed by atoms with Crippen molar-refractivity contribution in [3.05, 3.63) is 0 Å². The maximum Gasteiger partial charge on any atom is 0.168 e. The van der Waals surface area contributed by atoms with Crippen molar-refractivity contribution >= 4 is 6.21 Å². The largest absolute Gasteiger partial charge is 0.281 e. The lowest BCUT2D eigenvalue weighted by molar-refractivity contribution is 0.110. The molecular weight excluding hydrogens is 116 g/mol. The van der Waals surface area contributed by atoms with Crippen LogP contribution in [0.3, 0.4) is 0 Å². The van der Waals surface area contributed by atoms with Gasteiger partial charge in [-0.1, -0.05) is 0 Å². The average molecular weight is 126 g/mol. The molecule has 1 saturated heterocycles. The molecule has 0 radical (unpaired) electrons. The molecule has 0 aliphatic carbocycles. The molecule has 2 aliphatic rings. The van der Waals surface area contributed by atoms with Crippen LogP contribution in [-0.2, 0) is 0 Å². The van der Waals surface area contributed by atoms with E-state index in [1.165, 1.54) is 0 Å². The Hall–Kier alpha value is -0.450. The van der Waals surface area contributed by atoms with E-state index in [2.05, 4.69) is 20.7 Å². The second kappa shape index (κ2) is 2.06.